The Morgan fingerprint density at radius 3 is 2.34 bits per heavy atom. The fourth-order valence-corrected chi connectivity index (χ4v) is 6.09. The van der Waals surface area contributed by atoms with E-state index in [-0.39, 0.29) is 23.7 Å². The van der Waals surface area contributed by atoms with Gasteiger partial charge in [-0.1, -0.05) is 5.21 Å². The van der Waals surface area contributed by atoms with E-state index < -0.39 is 0 Å². The number of carbonyl (C=O) groups excluding carboxylic acids is 2. The fraction of sp³-hybridized carbons (Fsp3) is 0.536. The third-order valence-corrected chi connectivity index (χ3v) is 8.51. The molecule has 7 rings (SSSR count). The summed E-state index contributed by atoms with van der Waals surface area (Å²) in [5.74, 6) is 2.08. The van der Waals surface area contributed by atoms with Gasteiger partial charge in [-0.05, 0) is 55.9 Å². The van der Waals surface area contributed by atoms with Crippen LogP contribution in [0.15, 0.2) is 30.3 Å². The van der Waals surface area contributed by atoms with Gasteiger partial charge in [-0.15, -0.1) is 5.10 Å². The molecule has 3 aromatic rings. The van der Waals surface area contributed by atoms with E-state index in [1.54, 1.807) is 6.07 Å². The molecular weight excluding hydrogens is 484 g/mol. The molecule has 2 atom stereocenters. The monoisotopic (exact) mass is 516 g/mol. The van der Waals surface area contributed by atoms with E-state index in [1.807, 2.05) is 34.1 Å². The van der Waals surface area contributed by atoms with Crippen LogP contribution in [0.5, 0.6) is 5.88 Å². The van der Waals surface area contributed by atoms with Gasteiger partial charge in [0, 0.05) is 80.0 Å². The average molecular weight is 517 g/mol. The first-order chi connectivity index (χ1) is 18.6. The van der Waals surface area contributed by atoms with Crippen LogP contribution in [0.3, 0.4) is 0 Å². The van der Waals surface area contributed by atoms with Crippen LogP contribution in [0.25, 0.3) is 11.0 Å². The molecule has 10 heteroatoms. The van der Waals surface area contributed by atoms with Crippen LogP contribution in [0.2, 0.25) is 0 Å². The molecule has 1 aliphatic carbocycles. The van der Waals surface area contributed by atoms with E-state index in [4.69, 9.17) is 14.5 Å². The van der Waals surface area contributed by atoms with Crippen LogP contribution in [0.1, 0.15) is 58.0 Å². The largest absolute Gasteiger partial charge is 0.477 e. The first-order valence-electron chi connectivity index (χ1n) is 13.7. The van der Waals surface area contributed by atoms with Crippen LogP contribution in [0, 0.1) is 17.8 Å². The molecule has 0 spiro atoms. The molecule has 2 aromatic heterocycles. The molecule has 4 aliphatic rings. The molecule has 198 valence electrons. The van der Waals surface area contributed by atoms with Crippen LogP contribution >= 0.6 is 0 Å². The van der Waals surface area contributed by atoms with Crippen molar-refractivity contribution in [3.63, 3.8) is 0 Å². The molecule has 0 radical (unpaired) electrons. The second-order valence-corrected chi connectivity index (χ2v) is 11.2. The van der Waals surface area contributed by atoms with Gasteiger partial charge in [0.25, 0.3) is 11.8 Å². The normalized spacial score (nSPS) is 23.7. The van der Waals surface area contributed by atoms with Gasteiger partial charge < -0.3 is 19.3 Å². The maximum atomic E-state index is 13.6. The number of pyridine rings is 1. The number of benzene rings is 1. The van der Waals surface area contributed by atoms with E-state index in [9.17, 15) is 9.59 Å². The highest BCUT2D eigenvalue weighted by atomic mass is 16.5. The van der Waals surface area contributed by atoms with Gasteiger partial charge in [0.15, 0.2) is 0 Å². The highest BCUT2D eigenvalue weighted by Crippen LogP contribution is 2.40. The van der Waals surface area contributed by atoms with E-state index >= 15 is 0 Å². The lowest BCUT2D eigenvalue weighted by atomic mass is 10.0. The van der Waals surface area contributed by atoms with Crippen molar-refractivity contribution in [3.8, 4) is 5.88 Å². The summed E-state index contributed by atoms with van der Waals surface area (Å²) < 4.78 is 11.6. The number of hydrogen-bond donors (Lipinski definition) is 1. The Labute approximate surface area is 220 Å². The predicted octanol–water partition coefficient (Wildman–Crippen LogP) is 2.88. The number of rotatable bonds is 6. The predicted molar refractivity (Wildman–Crippen MR) is 138 cm³/mol. The minimum Gasteiger partial charge on any atom is -0.477 e. The Morgan fingerprint density at radius 1 is 0.921 bits per heavy atom. The Kier molecular flexibility index (Phi) is 5.99. The number of carbonyl (C=O) groups is 2. The number of aromatic amines is 1. The number of hydrogen-bond acceptors (Lipinski definition) is 7. The number of amides is 2. The number of likely N-dealkylation sites (tertiary alicyclic amines) is 2. The fourth-order valence-electron chi connectivity index (χ4n) is 6.09. The third-order valence-electron chi connectivity index (χ3n) is 8.51. The molecule has 0 bridgehead atoms. The molecular formula is C28H32N6O4. The van der Waals surface area contributed by atoms with Crippen LogP contribution in [0.4, 0.5) is 0 Å². The average Bonchev–Trinajstić information content (AvgIpc) is 3.37. The first-order valence-corrected chi connectivity index (χ1v) is 13.7. The summed E-state index contributed by atoms with van der Waals surface area (Å²) in [6.07, 6.45) is 4.23. The summed E-state index contributed by atoms with van der Waals surface area (Å²) in [5, 5.41) is 10.6. The number of aromatic nitrogens is 4. The molecule has 10 nitrogen and oxygen atoms in total. The zero-order chi connectivity index (χ0) is 25.6. The van der Waals surface area contributed by atoms with Crippen molar-refractivity contribution >= 4 is 22.8 Å². The molecule has 1 N–H and O–H groups in total. The van der Waals surface area contributed by atoms with Crippen molar-refractivity contribution in [2.75, 3.05) is 46.0 Å². The standard InChI is InChI=1S/C28H32N6O4/c35-27(19-3-4-23-25(9-19)31-32-30-23)33-12-21-14-34(15-22(21)13-33)28(36)20-10-24(18-1-2-18)29-26(11-20)38-16-17-5-7-37-8-6-17/h3-4,9-11,17-18,21-22H,1-2,5-8,12-16H2,(H,30,31,32)/t21-,22-/m0/s1. The molecule has 5 heterocycles. The summed E-state index contributed by atoms with van der Waals surface area (Å²) in [6.45, 7) is 4.82. The Morgan fingerprint density at radius 2 is 1.63 bits per heavy atom. The number of H-pyrrole nitrogens is 1. The molecule has 3 aliphatic heterocycles. The SMILES string of the molecule is O=C(c1cc(OCC2CCOCC2)nc(C2CC2)c1)N1C[C@@H]2CN(C(=O)c3ccc4[nH]nnc4c3)C[C@H]2C1. The van der Waals surface area contributed by atoms with Crippen molar-refractivity contribution in [3.05, 3.63) is 47.2 Å². The lowest BCUT2D eigenvalue weighted by Crippen LogP contribution is -2.35. The van der Waals surface area contributed by atoms with E-state index in [1.165, 1.54) is 0 Å². The van der Waals surface area contributed by atoms with Crippen molar-refractivity contribution in [2.24, 2.45) is 17.8 Å². The Bertz CT molecular complexity index is 1350. The molecule has 0 unspecified atom stereocenters. The number of ether oxygens (including phenoxy) is 2. The quantitative estimate of drug-likeness (QED) is 0.536. The van der Waals surface area contributed by atoms with Crippen molar-refractivity contribution < 1.29 is 19.1 Å². The number of fused-ring (bicyclic) bond motifs is 2. The van der Waals surface area contributed by atoms with Gasteiger partial charge in [0.05, 0.1) is 12.1 Å². The van der Waals surface area contributed by atoms with Gasteiger partial charge >= 0.3 is 0 Å². The van der Waals surface area contributed by atoms with Crippen molar-refractivity contribution in [1.29, 1.82) is 0 Å². The summed E-state index contributed by atoms with van der Waals surface area (Å²) in [4.78, 5) is 35.4. The second-order valence-electron chi connectivity index (χ2n) is 11.2. The van der Waals surface area contributed by atoms with Crippen LogP contribution in [-0.4, -0.2) is 88.0 Å². The molecule has 1 saturated carbocycles. The van der Waals surface area contributed by atoms with Gasteiger partial charge in [0.1, 0.15) is 5.52 Å². The van der Waals surface area contributed by atoms with Crippen LogP contribution < -0.4 is 4.74 Å². The lowest BCUT2D eigenvalue weighted by Gasteiger charge is -2.23. The van der Waals surface area contributed by atoms with Crippen molar-refractivity contribution in [1.82, 2.24) is 30.2 Å². The Balaban J connectivity index is 1.01. The number of nitrogens with zero attached hydrogens (tertiary/aromatic N) is 5. The zero-order valence-electron chi connectivity index (χ0n) is 21.3. The summed E-state index contributed by atoms with van der Waals surface area (Å²) in [7, 11) is 0. The molecule has 1 aromatic carbocycles. The highest BCUT2D eigenvalue weighted by Gasteiger charge is 2.43. The van der Waals surface area contributed by atoms with Gasteiger partial charge in [-0.3, -0.25) is 14.7 Å². The molecule has 38 heavy (non-hydrogen) atoms. The smallest absolute Gasteiger partial charge is 0.254 e. The Hall–Kier alpha value is -3.53. The zero-order valence-corrected chi connectivity index (χ0v) is 21.3. The minimum absolute atomic E-state index is 0.0108. The second kappa shape index (κ2) is 9.65. The van der Waals surface area contributed by atoms with E-state index in [2.05, 4.69) is 15.4 Å². The maximum Gasteiger partial charge on any atom is 0.254 e. The van der Waals surface area contributed by atoms with E-state index in [0.717, 1.165) is 50.1 Å². The molecule has 4 fully saturated rings. The number of nitrogens with one attached hydrogen (secondary N) is 1. The first kappa shape index (κ1) is 23.6. The molecule has 2 amide bonds. The van der Waals surface area contributed by atoms with Crippen molar-refractivity contribution in [2.45, 2.75) is 31.6 Å². The minimum atomic E-state index is 0.0108. The molecule has 3 saturated heterocycles. The topological polar surface area (TPSA) is 114 Å². The summed E-state index contributed by atoms with van der Waals surface area (Å²) in [6, 6.07) is 9.22. The summed E-state index contributed by atoms with van der Waals surface area (Å²) in [5.41, 5.74) is 3.76. The third kappa shape index (κ3) is 4.62. The highest BCUT2D eigenvalue weighted by molar-refractivity contribution is 5.97. The van der Waals surface area contributed by atoms with E-state index in [0.29, 0.717) is 67.1 Å². The summed E-state index contributed by atoms with van der Waals surface area (Å²) >= 11 is 0. The lowest BCUT2D eigenvalue weighted by molar-refractivity contribution is 0.0490. The van der Waals surface area contributed by atoms with Gasteiger partial charge in [-0.25, -0.2) is 4.98 Å². The van der Waals surface area contributed by atoms with Gasteiger partial charge in [0.2, 0.25) is 5.88 Å². The van der Waals surface area contributed by atoms with Crippen LogP contribution in [-0.2, 0) is 4.74 Å². The maximum absolute atomic E-state index is 13.6. The van der Waals surface area contributed by atoms with Gasteiger partial charge in [-0.2, -0.15) is 0 Å².